The Morgan fingerprint density at radius 3 is 2.62 bits per heavy atom. The van der Waals surface area contributed by atoms with Crippen LogP contribution >= 0.6 is 11.6 Å². The van der Waals surface area contributed by atoms with Gasteiger partial charge < -0.3 is 11.1 Å². The van der Waals surface area contributed by atoms with Crippen molar-refractivity contribution in [3.05, 3.63) is 53.3 Å². The summed E-state index contributed by atoms with van der Waals surface area (Å²) in [5.74, 6) is -0.485. The Bertz CT molecular complexity index is 733. The average Bonchev–Trinajstić information content (AvgIpc) is 2.57. The van der Waals surface area contributed by atoms with Gasteiger partial charge in [-0.1, -0.05) is 30.2 Å². The van der Waals surface area contributed by atoms with E-state index in [4.69, 9.17) is 17.3 Å². The monoisotopic (exact) mass is 346 g/mol. The van der Waals surface area contributed by atoms with Crippen molar-refractivity contribution >= 4 is 23.2 Å². The van der Waals surface area contributed by atoms with Gasteiger partial charge in [-0.25, -0.2) is 4.39 Å². The number of hydrogen-bond donors (Lipinski definition) is 2. The van der Waals surface area contributed by atoms with E-state index in [2.05, 4.69) is 5.32 Å². The second-order valence-corrected chi connectivity index (χ2v) is 6.75. The van der Waals surface area contributed by atoms with Crippen molar-refractivity contribution in [2.45, 2.75) is 31.7 Å². The van der Waals surface area contributed by atoms with Crippen LogP contribution in [0.2, 0.25) is 5.02 Å². The van der Waals surface area contributed by atoms with Crippen LogP contribution in [0.25, 0.3) is 11.1 Å². The molecule has 3 N–H and O–H groups in total. The highest BCUT2D eigenvalue weighted by atomic mass is 35.5. The topological polar surface area (TPSA) is 55.1 Å². The zero-order chi connectivity index (χ0) is 17.1. The van der Waals surface area contributed by atoms with Crippen molar-refractivity contribution < 1.29 is 9.18 Å². The van der Waals surface area contributed by atoms with Crippen molar-refractivity contribution in [2.75, 3.05) is 5.32 Å². The van der Waals surface area contributed by atoms with Gasteiger partial charge in [-0.15, -0.1) is 0 Å². The minimum absolute atomic E-state index is 0.0491. The quantitative estimate of drug-likeness (QED) is 0.853. The van der Waals surface area contributed by atoms with E-state index in [0.717, 1.165) is 24.8 Å². The molecule has 2 atom stereocenters. The first-order chi connectivity index (χ1) is 11.5. The fourth-order valence-electron chi connectivity index (χ4n) is 3.19. The summed E-state index contributed by atoms with van der Waals surface area (Å²) < 4.78 is 13.7. The maximum atomic E-state index is 13.7. The van der Waals surface area contributed by atoms with Crippen LogP contribution in [0, 0.1) is 11.7 Å². The molecule has 1 aliphatic rings. The molecular formula is C19H20ClFN2O. The van der Waals surface area contributed by atoms with Gasteiger partial charge in [0, 0.05) is 28.2 Å². The Morgan fingerprint density at radius 1 is 1.17 bits per heavy atom. The van der Waals surface area contributed by atoms with E-state index in [9.17, 15) is 9.18 Å². The normalized spacial score (nSPS) is 20.6. The van der Waals surface area contributed by atoms with Gasteiger partial charge in [0.1, 0.15) is 5.82 Å². The van der Waals surface area contributed by atoms with Crippen LogP contribution in [0.1, 0.15) is 25.7 Å². The van der Waals surface area contributed by atoms with Crippen LogP contribution in [0.15, 0.2) is 42.5 Å². The summed E-state index contributed by atoms with van der Waals surface area (Å²) in [5.41, 5.74) is 8.01. The molecule has 2 aromatic carbocycles. The largest absolute Gasteiger partial charge is 0.328 e. The van der Waals surface area contributed by atoms with E-state index in [0.29, 0.717) is 22.7 Å². The van der Waals surface area contributed by atoms with Gasteiger partial charge in [-0.2, -0.15) is 0 Å². The Labute approximate surface area is 146 Å². The van der Waals surface area contributed by atoms with E-state index in [1.165, 1.54) is 12.1 Å². The fourth-order valence-corrected chi connectivity index (χ4v) is 3.32. The van der Waals surface area contributed by atoms with Crippen molar-refractivity contribution in [3.63, 3.8) is 0 Å². The number of hydrogen-bond acceptors (Lipinski definition) is 2. The van der Waals surface area contributed by atoms with Crippen molar-refractivity contribution in [1.82, 2.24) is 0 Å². The highest BCUT2D eigenvalue weighted by Gasteiger charge is 2.25. The van der Waals surface area contributed by atoms with E-state index in [1.54, 1.807) is 18.2 Å². The lowest BCUT2D eigenvalue weighted by atomic mass is 9.85. The third-order valence-corrected chi connectivity index (χ3v) is 4.73. The van der Waals surface area contributed by atoms with Crippen molar-refractivity contribution in [2.24, 2.45) is 11.7 Å². The zero-order valence-corrected chi connectivity index (χ0v) is 14.0. The Hall–Kier alpha value is -1.91. The second kappa shape index (κ2) is 7.32. The van der Waals surface area contributed by atoms with Crippen LogP contribution in [-0.2, 0) is 4.79 Å². The van der Waals surface area contributed by atoms with E-state index in [1.807, 2.05) is 12.1 Å². The number of nitrogens with two attached hydrogens (primary N) is 1. The molecule has 0 bridgehead atoms. The van der Waals surface area contributed by atoms with Gasteiger partial charge in [0.15, 0.2) is 0 Å². The van der Waals surface area contributed by atoms with Gasteiger partial charge in [0.05, 0.1) is 0 Å². The van der Waals surface area contributed by atoms with Gasteiger partial charge in [-0.3, -0.25) is 4.79 Å². The number of anilines is 1. The smallest absolute Gasteiger partial charge is 0.227 e. The third kappa shape index (κ3) is 3.94. The standard InChI is InChI=1S/C19H20ClFN2O/c20-14-6-4-12(5-7-14)17-11-15(21)8-9-18(17)23-19(24)13-2-1-3-16(22)10-13/h4-9,11,13,16H,1-3,10,22H2,(H,23,24). The molecule has 1 aliphatic carbocycles. The molecule has 1 saturated carbocycles. The lowest BCUT2D eigenvalue weighted by Crippen LogP contribution is -2.34. The van der Waals surface area contributed by atoms with Crippen LogP contribution < -0.4 is 11.1 Å². The van der Waals surface area contributed by atoms with E-state index >= 15 is 0 Å². The zero-order valence-electron chi connectivity index (χ0n) is 13.3. The Kier molecular flexibility index (Phi) is 5.17. The summed E-state index contributed by atoms with van der Waals surface area (Å²) in [4.78, 5) is 12.6. The average molecular weight is 347 g/mol. The number of halogens is 2. The SMILES string of the molecule is NC1CCCC(C(=O)Nc2ccc(F)cc2-c2ccc(Cl)cc2)C1. The van der Waals surface area contributed by atoms with Gasteiger partial charge in [0.2, 0.25) is 5.91 Å². The predicted octanol–water partition coefficient (Wildman–Crippen LogP) is 4.60. The maximum Gasteiger partial charge on any atom is 0.227 e. The van der Waals surface area contributed by atoms with Crippen molar-refractivity contribution in [1.29, 1.82) is 0 Å². The van der Waals surface area contributed by atoms with Crippen LogP contribution in [0.5, 0.6) is 0 Å². The molecule has 0 radical (unpaired) electrons. The van der Waals surface area contributed by atoms with E-state index in [-0.39, 0.29) is 23.7 Å². The molecule has 0 aromatic heterocycles. The summed E-state index contributed by atoms with van der Waals surface area (Å²) in [5, 5.41) is 3.56. The molecule has 0 saturated heterocycles. The molecule has 2 aromatic rings. The summed E-state index contributed by atoms with van der Waals surface area (Å²) in [6.45, 7) is 0. The Morgan fingerprint density at radius 2 is 1.92 bits per heavy atom. The Balaban J connectivity index is 1.85. The first-order valence-corrected chi connectivity index (χ1v) is 8.52. The third-order valence-electron chi connectivity index (χ3n) is 4.48. The van der Waals surface area contributed by atoms with Crippen LogP contribution in [0.4, 0.5) is 10.1 Å². The maximum absolute atomic E-state index is 13.7. The summed E-state index contributed by atoms with van der Waals surface area (Å²) in [6, 6.07) is 11.6. The number of amides is 1. The van der Waals surface area contributed by atoms with Gasteiger partial charge in [0.25, 0.3) is 0 Å². The number of benzene rings is 2. The molecule has 0 spiro atoms. The minimum atomic E-state index is -0.349. The first kappa shape index (κ1) is 16.9. The molecule has 3 nitrogen and oxygen atoms in total. The highest BCUT2D eigenvalue weighted by Crippen LogP contribution is 2.31. The number of carbonyl (C=O) groups is 1. The molecule has 0 heterocycles. The molecule has 24 heavy (non-hydrogen) atoms. The van der Waals surface area contributed by atoms with Gasteiger partial charge in [-0.05, 0) is 55.2 Å². The lowest BCUT2D eigenvalue weighted by Gasteiger charge is -2.26. The molecular weight excluding hydrogens is 327 g/mol. The number of nitrogens with one attached hydrogen (secondary N) is 1. The summed E-state index contributed by atoms with van der Waals surface area (Å²) >= 11 is 5.91. The van der Waals surface area contributed by atoms with Gasteiger partial charge >= 0.3 is 0 Å². The summed E-state index contributed by atoms with van der Waals surface area (Å²) in [7, 11) is 0. The van der Waals surface area contributed by atoms with E-state index < -0.39 is 0 Å². The minimum Gasteiger partial charge on any atom is -0.328 e. The molecule has 1 fully saturated rings. The summed E-state index contributed by atoms with van der Waals surface area (Å²) in [6.07, 6.45) is 3.48. The van der Waals surface area contributed by atoms with Crippen molar-refractivity contribution in [3.8, 4) is 11.1 Å². The molecule has 3 rings (SSSR count). The second-order valence-electron chi connectivity index (χ2n) is 6.31. The number of rotatable bonds is 3. The molecule has 126 valence electrons. The fraction of sp³-hybridized carbons (Fsp3) is 0.316. The van der Waals surface area contributed by atoms with Crippen LogP contribution in [0.3, 0.4) is 0 Å². The molecule has 2 unspecified atom stereocenters. The lowest BCUT2D eigenvalue weighted by molar-refractivity contribution is -0.120. The molecule has 5 heteroatoms. The van der Waals surface area contributed by atoms with Crippen LogP contribution in [-0.4, -0.2) is 11.9 Å². The first-order valence-electron chi connectivity index (χ1n) is 8.15. The molecule has 1 amide bonds. The number of carbonyl (C=O) groups excluding carboxylic acids is 1. The molecule has 0 aliphatic heterocycles. The highest BCUT2D eigenvalue weighted by molar-refractivity contribution is 6.30. The predicted molar refractivity (Wildman–Crippen MR) is 95.4 cm³/mol.